The van der Waals surface area contributed by atoms with E-state index >= 15 is 0 Å². The first-order valence-corrected chi connectivity index (χ1v) is 6.80. The van der Waals surface area contributed by atoms with E-state index in [0.29, 0.717) is 18.1 Å². The summed E-state index contributed by atoms with van der Waals surface area (Å²) in [6.07, 6.45) is 2.52. The monoisotopic (exact) mass is 267 g/mol. The SMILES string of the molecule is CCCc1cc(N)nc(Cc2nc3ccccc3[nH]2)n1. The van der Waals surface area contributed by atoms with Crippen LogP contribution in [0, 0.1) is 0 Å². The second kappa shape index (κ2) is 5.28. The van der Waals surface area contributed by atoms with Crippen molar-refractivity contribution >= 4 is 16.9 Å². The summed E-state index contributed by atoms with van der Waals surface area (Å²) in [6, 6.07) is 9.79. The number of benzene rings is 1. The Kier molecular flexibility index (Phi) is 3.33. The first kappa shape index (κ1) is 12.6. The number of nitrogen functional groups attached to an aromatic ring is 1. The number of hydrogen-bond donors (Lipinski definition) is 2. The molecular weight excluding hydrogens is 250 g/mol. The van der Waals surface area contributed by atoms with Gasteiger partial charge < -0.3 is 10.7 Å². The molecule has 3 N–H and O–H groups in total. The minimum atomic E-state index is 0.523. The van der Waals surface area contributed by atoms with E-state index in [-0.39, 0.29) is 0 Å². The molecule has 5 heteroatoms. The number of nitrogens with one attached hydrogen (secondary N) is 1. The zero-order chi connectivity index (χ0) is 13.9. The summed E-state index contributed by atoms with van der Waals surface area (Å²) < 4.78 is 0. The number of H-pyrrole nitrogens is 1. The highest BCUT2D eigenvalue weighted by atomic mass is 15.0. The maximum absolute atomic E-state index is 5.84. The maximum Gasteiger partial charge on any atom is 0.138 e. The number of para-hydroxylation sites is 2. The van der Waals surface area contributed by atoms with E-state index in [1.165, 1.54) is 0 Å². The Morgan fingerprint density at radius 2 is 2.00 bits per heavy atom. The molecule has 0 saturated carbocycles. The van der Waals surface area contributed by atoms with E-state index in [1.54, 1.807) is 0 Å². The lowest BCUT2D eigenvalue weighted by Crippen LogP contribution is -2.04. The van der Waals surface area contributed by atoms with Crippen molar-refractivity contribution in [2.24, 2.45) is 0 Å². The Balaban J connectivity index is 1.90. The predicted molar refractivity (Wildman–Crippen MR) is 79.3 cm³/mol. The standard InChI is InChI=1S/C15H17N5/c1-2-5-10-8-13(16)20-14(17-10)9-15-18-11-6-3-4-7-12(11)19-15/h3-4,6-8H,2,5,9H2,1H3,(H,18,19)(H2,16,17,20). The van der Waals surface area contributed by atoms with Crippen molar-refractivity contribution < 1.29 is 0 Å². The van der Waals surface area contributed by atoms with E-state index in [4.69, 9.17) is 5.73 Å². The van der Waals surface area contributed by atoms with Gasteiger partial charge in [-0.1, -0.05) is 25.5 Å². The van der Waals surface area contributed by atoms with E-state index < -0.39 is 0 Å². The van der Waals surface area contributed by atoms with Gasteiger partial charge in [0.15, 0.2) is 0 Å². The summed E-state index contributed by atoms with van der Waals surface area (Å²) in [4.78, 5) is 16.6. The molecule has 0 fully saturated rings. The van der Waals surface area contributed by atoms with Crippen LogP contribution in [0.3, 0.4) is 0 Å². The fraction of sp³-hybridized carbons (Fsp3) is 0.267. The number of aromatic amines is 1. The molecule has 1 aromatic carbocycles. The third-order valence-electron chi connectivity index (χ3n) is 3.12. The van der Waals surface area contributed by atoms with Crippen molar-refractivity contribution in [3.63, 3.8) is 0 Å². The summed E-state index contributed by atoms with van der Waals surface area (Å²) >= 11 is 0. The number of aromatic nitrogens is 4. The Hall–Kier alpha value is -2.43. The van der Waals surface area contributed by atoms with E-state index in [9.17, 15) is 0 Å². The molecule has 0 unspecified atom stereocenters. The van der Waals surface area contributed by atoms with Crippen LogP contribution in [0.5, 0.6) is 0 Å². The Morgan fingerprint density at radius 3 is 2.80 bits per heavy atom. The number of nitrogens with two attached hydrogens (primary N) is 1. The molecular formula is C15H17N5. The number of aryl methyl sites for hydroxylation is 1. The van der Waals surface area contributed by atoms with Crippen LogP contribution in [0.2, 0.25) is 0 Å². The molecule has 0 radical (unpaired) electrons. The molecule has 0 saturated heterocycles. The van der Waals surface area contributed by atoms with E-state index in [2.05, 4.69) is 26.9 Å². The van der Waals surface area contributed by atoms with Gasteiger partial charge in [-0.25, -0.2) is 15.0 Å². The fourth-order valence-electron chi connectivity index (χ4n) is 2.28. The van der Waals surface area contributed by atoms with Crippen LogP contribution in [0.4, 0.5) is 5.82 Å². The summed E-state index contributed by atoms with van der Waals surface area (Å²) in [5, 5.41) is 0. The van der Waals surface area contributed by atoms with Gasteiger partial charge in [0.1, 0.15) is 17.5 Å². The summed E-state index contributed by atoms with van der Waals surface area (Å²) in [5.74, 6) is 2.10. The van der Waals surface area contributed by atoms with Gasteiger partial charge in [-0.2, -0.15) is 0 Å². The molecule has 20 heavy (non-hydrogen) atoms. The lowest BCUT2D eigenvalue weighted by atomic mass is 10.2. The lowest BCUT2D eigenvalue weighted by Gasteiger charge is -2.03. The number of hydrogen-bond acceptors (Lipinski definition) is 4. The highest BCUT2D eigenvalue weighted by Crippen LogP contribution is 2.13. The fourth-order valence-corrected chi connectivity index (χ4v) is 2.28. The number of rotatable bonds is 4. The van der Waals surface area contributed by atoms with Gasteiger partial charge >= 0.3 is 0 Å². The van der Waals surface area contributed by atoms with Gasteiger partial charge in [-0.15, -0.1) is 0 Å². The quantitative estimate of drug-likeness (QED) is 0.761. The molecule has 0 bridgehead atoms. The zero-order valence-corrected chi connectivity index (χ0v) is 11.4. The van der Waals surface area contributed by atoms with Crippen LogP contribution < -0.4 is 5.73 Å². The molecule has 0 spiro atoms. The van der Waals surface area contributed by atoms with Crippen molar-refractivity contribution in [2.75, 3.05) is 5.73 Å². The van der Waals surface area contributed by atoms with Crippen LogP contribution >= 0.6 is 0 Å². The zero-order valence-electron chi connectivity index (χ0n) is 11.4. The van der Waals surface area contributed by atoms with Crippen molar-refractivity contribution in [1.29, 1.82) is 0 Å². The summed E-state index contributed by atoms with van der Waals surface area (Å²) in [6.45, 7) is 2.12. The average Bonchev–Trinajstić information content (AvgIpc) is 2.80. The first-order chi connectivity index (χ1) is 9.74. The molecule has 2 aromatic heterocycles. The first-order valence-electron chi connectivity index (χ1n) is 6.80. The molecule has 0 amide bonds. The van der Waals surface area contributed by atoms with Gasteiger partial charge in [0.2, 0.25) is 0 Å². The Bertz CT molecular complexity index is 699. The summed E-state index contributed by atoms with van der Waals surface area (Å²) in [7, 11) is 0. The van der Waals surface area contributed by atoms with Gasteiger partial charge in [0, 0.05) is 11.8 Å². The second-order valence-electron chi connectivity index (χ2n) is 4.83. The van der Waals surface area contributed by atoms with Crippen molar-refractivity contribution in [3.8, 4) is 0 Å². The molecule has 0 aliphatic rings. The molecule has 3 aromatic rings. The number of imidazole rings is 1. The number of anilines is 1. The summed E-state index contributed by atoms with van der Waals surface area (Å²) in [5.41, 5.74) is 8.81. The van der Waals surface area contributed by atoms with Crippen LogP contribution in [-0.2, 0) is 12.8 Å². The van der Waals surface area contributed by atoms with Crippen LogP contribution in [0.1, 0.15) is 30.7 Å². The third-order valence-corrected chi connectivity index (χ3v) is 3.12. The van der Waals surface area contributed by atoms with E-state index in [1.807, 2.05) is 30.3 Å². The number of nitrogens with zero attached hydrogens (tertiary/aromatic N) is 3. The van der Waals surface area contributed by atoms with Crippen molar-refractivity contribution in [1.82, 2.24) is 19.9 Å². The maximum atomic E-state index is 5.84. The van der Waals surface area contributed by atoms with Gasteiger partial charge in [0.25, 0.3) is 0 Å². The molecule has 5 nitrogen and oxygen atoms in total. The van der Waals surface area contributed by atoms with Gasteiger partial charge in [-0.05, 0) is 18.6 Å². The molecule has 3 rings (SSSR count). The van der Waals surface area contributed by atoms with Crippen LogP contribution in [0.25, 0.3) is 11.0 Å². The van der Waals surface area contributed by atoms with Crippen LogP contribution in [0.15, 0.2) is 30.3 Å². The minimum absolute atomic E-state index is 0.523. The smallest absolute Gasteiger partial charge is 0.138 e. The molecule has 2 heterocycles. The molecule has 102 valence electrons. The predicted octanol–water partition coefficient (Wildman–Crippen LogP) is 2.48. The highest BCUT2D eigenvalue weighted by molar-refractivity contribution is 5.74. The second-order valence-corrected chi connectivity index (χ2v) is 4.83. The lowest BCUT2D eigenvalue weighted by molar-refractivity contribution is 0.834. The highest BCUT2D eigenvalue weighted by Gasteiger charge is 2.07. The Labute approximate surface area is 117 Å². The molecule has 0 aliphatic carbocycles. The normalized spacial score (nSPS) is 11.1. The topological polar surface area (TPSA) is 80.5 Å². The van der Waals surface area contributed by atoms with Crippen molar-refractivity contribution in [2.45, 2.75) is 26.2 Å². The molecule has 0 aliphatic heterocycles. The molecule has 0 atom stereocenters. The van der Waals surface area contributed by atoms with Crippen LogP contribution in [-0.4, -0.2) is 19.9 Å². The van der Waals surface area contributed by atoms with E-state index in [0.717, 1.165) is 35.4 Å². The van der Waals surface area contributed by atoms with Gasteiger partial charge in [0.05, 0.1) is 17.5 Å². The minimum Gasteiger partial charge on any atom is -0.384 e. The number of fused-ring (bicyclic) bond motifs is 1. The van der Waals surface area contributed by atoms with Crippen molar-refractivity contribution in [3.05, 3.63) is 47.7 Å². The van der Waals surface area contributed by atoms with Gasteiger partial charge in [-0.3, -0.25) is 0 Å². The largest absolute Gasteiger partial charge is 0.384 e. The average molecular weight is 267 g/mol. The Morgan fingerprint density at radius 1 is 1.15 bits per heavy atom. The third kappa shape index (κ3) is 2.61.